The van der Waals surface area contributed by atoms with Crippen molar-refractivity contribution in [3.63, 3.8) is 0 Å². The molecule has 4 heterocycles. The molecule has 7 heteroatoms. The predicted octanol–water partition coefficient (Wildman–Crippen LogP) is 2.48. The summed E-state index contributed by atoms with van der Waals surface area (Å²) in [6.45, 7) is 1.37. The average Bonchev–Trinajstić information content (AvgIpc) is 3.34. The molecule has 0 saturated heterocycles. The number of carbonyl (C=O) groups is 1. The van der Waals surface area contributed by atoms with Crippen LogP contribution >= 0.6 is 0 Å². The molecule has 1 amide bonds. The van der Waals surface area contributed by atoms with E-state index in [1.165, 1.54) is 0 Å². The fourth-order valence-electron chi connectivity index (χ4n) is 3.03. The van der Waals surface area contributed by atoms with Gasteiger partial charge in [0, 0.05) is 49.0 Å². The second-order valence-electron chi connectivity index (χ2n) is 6.85. The van der Waals surface area contributed by atoms with Gasteiger partial charge in [0.05, 0.1) is 0 Å². The molecule has 4 aromatic rings. The van der Waals surface area contributed by atoms with E-state index in [4.69, 9.17) is 0 Å². The van der Waals surface area contributed by atoms with Crippen molar-refractivity contribution < 1.29 is 4.79 Å². The summed E-state index contributed by atoms with van der Waals surface area (Å²) in [5.74, 6) is 0.700. The molecule has 0 aromatic carbocycles. The third kappa shape index (κ3) is 3.65. The molecule has 1 N–H and O–H groups in total. The molecule has 0 aliphatic heterocycles. The van der Waals surface area contributed by atoms with Crippen molar-refractivity contribution in [2.75, 3.05) is 27.2 Å². The zero-order chi connectivity index (χ0) is 19.5. The van der Waals surface area contributed by atoms with Crippen LogP contribution in [0.5, 0.6) is 0 Å². The maximum atomic E-state index is 12.3. The van der Waals surface area contributed by atoms with Crippen LogP contribution in [-0.4, -0.2) is 57.2 Å². The summed E-state index contributed by atoms with van der Waals surface area (Å²) in [4.78, 5) is 18.5. The maximum absolute atomic E-state index is 12.3. The van der Waals surface area contributed by atoms with E-state index in [0.29, 0.717) is 12.2 Å². The van der Waals surface area contributed by atoms with Crippen molar-refractivity contribution in [1.29, 1.82) is 0 Å². The van der Waals surface area contributed by atoms with E-state index in [0.717, 1.165) is 29.0 Å². The number of rotatable bonds is 6. The molecule has 4 aromatic heterocycles. The second kappa shape index (κ2) is 7.66. The van der Waals surface area contributed by atoms with E-state index < -0.39 is 0 Å². The van der Waals surface area contributed by atoms with Crippen LogP contribution in [-0.2, 0) is 0 Å². The van der Waals surface area contributed by atoms with Gasteiger partial charge in [-0.1, -0.05) is 12.1 Å². The van der Waals surface area contributed by atoms with Crippen molar-refractivity contribution in [1.82, 2.24) is 29.4 Å². The van der Waals surface area contributed by atoms with Gasteiger partial charge in [-0.05, 0) is 50.0 Å². The van der Waals surface area contributed by atoms with Crippen LogP contribution in [0.15, 0.2) is 67.3 Å². The molecule has 0 fully saturated rings. The maximum Gasteiger partial charge on any atom is 0.271 e. The quantitative estimate of drug-likeness (QED) is 0.563. The Morgan fingerprint density at radius 2 is 1.96 bits per heavy atom. The average molecular weight is 374 g/mol. The Morgan fingerprint density at radius 3 is 2.75 bits per heavy atom. The summed E-state index contributed by atoms with van der Waals surface area (Å²) in [5.41, 5.74) is 3.56. The lowest BCUT2D eigenvalue weighted by atomic mass is 10.1. The van der Waals surface area contributed by atoms with Crippen LogP contribution < -0.4 is 5.32 Å². The minimum atomic E-state index is -0.169. The van der Waals surface area contributed by atoms with Crippen molar-refractivity contribution in [2.24, 2.45) is 0 Å². The SMILES string of the molecule is CN(C)CCNC(=O)c1ccn(-c2ccc3ccc(-c4cccnc4)cn23)n1. The van der Waals surface area contributed by atoms with Gasteiger partial charge in [0.15, 0.2) is 5.69 Å². The van der Waals surface area contributed by atoms with Crippen LogP contribution in [0.1, 0.15) is 10.5 Å². The van der Waals surface area contributed by atoms with Gasteiger partial charge in [-0.25, -0.2) is 4.68 Å². The molecule has 0 aliphatic rings. The normalized spacial score (nSPS) is 11.2. The number of fused-ring (bicyclic) bond motifs is 1. The van der Waals surface area contributed by atoms with Gasteiger partial charge in [-0.15, -0.1) is 0 Å². The van der Waals surface area contributed by atoms with Crippen molar-refractivity contribution >= 4 is 11.4 Å². The highest BCUT2D eigenvalue weighted by Crippen LogP contribution is 2.22. The first-order valence-corrected chi connectivity index (χ1v) is 9.12. The van der Waals surface area contributed by atoms with Gasteiger partial charge in [0.1, 0.15) is 5.82 Å². The Labute approximate surface area is 163 Å². The van der Waals surface area contributed by atoms with Crippen LogP contribution in [0.3, 0.4) is 0 Å². The number of likely N-dealkylation sites (N-methyl/N-ethyl adjacent to an activating group) is 1. The van der Waals surface area contributed by atoms with E-state index in [1.807, 2.05) is 49.5 Å². The smallest absolute Gasteiger partial charge is 0.271 e. The second-order valence-corrected chi connectivity index (χ2v) is 6.85. The molecular formula is C21H22N6O. The monoisotopic (exact) mass is 374 g/mol. The largest absolute Gasteiger partial charge is 0.349 e. The minimum absolute atomic E-state index is 0.169. The zero-order valence-electron chi connectivity index (χ0n) is 15.9. The van der Waals surface area contributed by atoms with Crippen molar-refractivity contribution in [2.45, 2.75) is 0 Å². The van der Waals surface area contributed by atoms with Gasteiger partial charge in [-0.3, -0.25) is 9.78 Å². The molecule has 7 nitrogen and oxygen atoms in total. The summed E-state index contributed by atoms with van der Waals surface area (Å²) in [6, 6.07) is 13.8. The Bertz CT molecular complexity index is 1100. The first-order chi connectivity index (χ1) is 13.6. The fraction of sp³-hybridized carbons (Fsp3) is 0.190. The van der Waals surface area contributed by atoms with Gasteiger partial charge < -0.3 is 14.6 Å². The first-order valence-electron chi connectivity index (χ1n) is 9.12. The van der Waals surface area contributed by atoms with Crippen molar-refractivity contribution in [3.8, 4) is 16.9 Å². The Morgan fingerprint density at radius 1 is 1.11 bits per heavy atom. The van der Waals surface area contributed by atoms with E-state index in [-0.39, 0.29) is 5.91 Å². The summed E-state index contributed by atoms with van der Waals surface area (Å²) >= 11 is 0. The highest BCUT2D eigenvalue weighted by atomic mass is 16.1. The molecule has 0 bridgehead atoms. The predicted molar refractivity (Wildman–Crippen MR) is 109 cm³/mol. The van der Waals surface area contributed by atoms with Crippen LogP contribution in [0.4, 0.5) is 0 Å². The number of pyridine rings is 2. The van der Waals surface area contributed by atoms with Crippen LogP contribution in [0.2, 0.25) is 0 Å². The molecule has 0 saturated carbocycles. The number of nitrogens with zero attached hydrogens (tertiary/aromatic N) is 5. The van der Waals surface area contributed by atoms with Crippen LogP contribution in [0.25, 0.3) is 22.5 Å². The fourth-order valence-corrected chi connectivity index (χ4v) is 3.03. The van der Waals surface area contributed by atoms with Gasteiger partial charge in [-0.2, -0.15) is 5.10 Å². The van der Waals surface area contributed by atoms with Gasteiger partial charge in [0.2, 0.25) is 0 Å². The zero-order valence-corrected chi connectivity index (χ0v) is 15.9. The molecule has 142 valence electrons. The molecule has 28 heavy (non-hydrogen) atoms. The van der Waals surface area contributed by atoms with Gasteiger partial charge >= 0.3 is 0 Å². The molecular weight excluding hydrogens is 352 g/mol. The number of nitrogens with one attached hydrogen (secondary N) is 1. The number of carbonyl (C=O) groups excluding carboxylic acids is 1. The molecule has 0 atom stereocenters. The third-order valence-corrected chi connectivity index (χ3v) is 4.53. The third-order valence-electron chi connectivity index (χ3n) is 4.53. The van der Waals surface area contributed by atoms with E-state index >= 15 is 0 Å². The molecule has 0 radical (unpaired) electrons. The summed E-state index contributed by atoms with van der Waals surface area (Å²) in [7, 11) is 3.94. The number of aromatic nitrogens is 4. The molecule has 0 spiro atoms. The summed E-state index contributed by atoms with van der Waals surface area (Å²) < 4.78 is 3.78. The Hall–Kier alpha value is -3.45. The van der Waals surface area contributed by atoms with Crippen molar-refractivity contribution in [3.05, 3.63) is 72.9 Å². The molecule has 0 aliphatic carbocycles. The molecule has 4 rings (SSSR count). The highest BCUT2D eigenvalue weighted by molar-refractivity contribution is 5.92. The minimum Gasteiger partial charge on any atom is -0.349 e. The topological polar surface area (TPSA) is 67.5 Å². The molecule has 0 unspecified atom stereocenters. The number of amides is 1. The number of hydrogen-bond donors (Lipinski definition) is 1. The lowest BCUT2D eigenvalue weighted by Crippen LogP contribution is -2.31. The standard InChI is InChI=1S/C21H22N6O/c1-25(2)13-11-23-21(28)19-9-12-27(24-19)20-8-7-18-6-5-17(15-26(18)20)16-4-3-10-22-14-16/h3-10,12,14-15H,11,13H2,1-2H3,(H,23,28). The lowest BCUT2D eigenvalue weighted by molar-refractivity contribution is 0.0945. The van der Waals surface area contributed by atoms with E-state index in [2.05, 4.69) is 38.1 Å². The summed E-state index contributed by atoms with van der Waals surface area (Å²) in [5, 5.41) is 7.35. The lowest BCUT2D eigenvalue weighted by Gasteiger charge is -2.09. The van der Waals surface area contributed by atoms with Gasteiger partial charge in [0.25, 0.3) is 5.91 Å². The first kappa shape index (κ1) is 17.9. The van der Waals surface area contributed by atoms with E-state index in [1.54, 1.807) is 23.1 Å². The van der Waals surface area contributed by atoms with Crippen LogP contribution in [0, 0.1) is 0 Å². The Kier molecular flexibility index (Phi) is 4.90. The summed E-state index contributed by atoms with van der Waals surface area (Å²) in [6.07, 6.45) is 7.46. The number of hydrogen-bond acceptors (Lipinski definition) is 4. The highest BCUT2D eigenvalue weighted by Gasteiger charge is 2.12. The van der Waals surface area contributed by atoms with E-state index in [9.17, 15) is 4.79 Å². The Balaban J connectivity index is 1.61.